The standard InChI is InChI=1S/C27H27ClN4O7S/c1-17-6-9-21(15-23(17)32(35)36)40(37,38)31(24-14-19(28)7-11-25(24)39-3)16-26(33)29-20-8-10-22(18(2)13-20)30-12-4-5-27(30)34/h6-11,13-15H,4-5,12,16H2,1-3H3,(H,29,33). The molecule has 3 aromatic carbocycles. The number of amides is 2. The minimum absolute atomic E-state index is 0.0209. The molecule has 210 valence electrons. The van der Waals surface area contributed by atoms with Gasteiger partial charge >= 0.3 is 0 Å². The highest BCUT2D eigenvalue weighted by Gasteiger charge is 2.31. The molecule has 1 heterocycles. The fraction of sp³-hybridized carbons (Fsp3) is 0.259. The Balaban J connectivity index is 1.69. The number of nitrogens with one attached hydrogen (secondary N) is 1. The second kappa shape index (κ2) is 11.5. The largest absolute Gasteiger partial charge is 0.495 e. The highest BCUT2D eigenvalue weighted by atomic mass is 35.5. The molecule has 1 aliphatic heterocycles. The second-order valence-corrected chi connectivity index (χ2v) is 11.5. The molecule has 4 rings (SSSR count). The minimum atomic E-state index is -4.51. The van der Waals surface area contributed by atoms with Gasteiger partial charge in [0.1, 0.15) is 12.3 Å². The summed E-state index contributed by atoms with van der Waals surface area (Å²) in [6.07, 6.45) is 1.26. The van der Waals surface area contributed by atoms with Crippen LogP contribution in [0.5, 0.6) is 5.75 Å². The molecule has 0 bridgehead atoms. The summed E-state index contributed by atoms with van der Waals surface area (Å²) < 4.78 is 33.8. The summed E-state index contributed by atoms with van der Waals surface area (Å²) in [5.41, 5.74) is 1.79. The van der Waals surface area contributed by atoms with Gasteiger partial charge in [0.05, 0.1) is 22.6 Å². The van der Waals surface area contributed by atoms with E-state index in [9.17, 15) is 28.1 Å². The van der Waals surface area contributed by atoms with Crippen LogP contribution >= 0.6 is 11.6 Å². The number of anilines is 3. The lowest BCUT2D eigenvalue weighted by molar-refractivity contribution is -0.385. The number of halogens is 1. The molecule has 0 unspecified atom stereocenters. The van der Waals surface area contributed by atoms with Gasteiger partial charge in [-0.25, -0.2) is 8.42 Å². The number of nitro benzene ring substituents is 1. The molecule has 1 aliphatic rings. The molecule has 40 heavy (non-hydrogen) atoms. The predicted octanol–water partition coefficient (Wildman–Crippen LogP) is 4.83. The molecule has 0 radical (unpaired) electrons. The first kappa shape index (κ1) is 28.8. The zero-order chi connectivity index (χ0) is 29.2. The van der Waals surface area contributed by atoms with Gasteiger partial charge in [-0.2, -0.15) is 0 Å². The maximum absolute atomic E-state index is 13.9. The molecule has 0 aromatic heterocycles. The first-order chi connectivity index (χ1) is 18.9. The molecule has 3 aromatic rings. The molecule has 1 saturated heterocycles. The van der Waals surface area contributed by atoms with Crippen LogP contribution in [0.15, 0.2) is 59.5 Å². The Hall–Kier alpha value is -4.16. The summed E-state index contributed by atoms with van der Waals surface area (Å²) in [7, 11) is -3.17. The minimum Gasteiger partial charge on any atom is -0.495 e. The number of nitrogens with zero attached hydrogens (tertiary/aromatic N) is 3. The van der Waals surface area contributed by atoms with E-state index >= 15 is 0 Å². The number of nitro groups is 1. The van der Waals surface area contributed by atoms with E-state index in [0.717, 1.165) is 28.0 Å². The molecule has 0 spiro atoms. The van der Waals surface area contributed by atoms with E-state index < -0.39 is 27.4 Å². The number of hydrogen-bond donors (Lipinski definition) is 1. The van der Waals surface area contributed by atoms with Crippen LogP contribution in [0.1, 0.15) is 24.0 Å². The lowest BCUT2D eigenvalue weighted by atomic mass is 10.1. The maximum Gasteiger partial charge on any atom is 0.273 e. The van der Waals surface area contributed by atoms with Crippen molar-refractivity contribution in [3.63, 3.8) is 0 Å². The Kier molecular flexibility index (Phi) is 8.31. The van der Waals surface area contributed by atoms with Crippen molar-refractivity contribution < 1.29 is 27.7 Å². The average Bonchev–Trinajstić information content (AvgIpc) is 3.32. The van der Waals surface area contributed by atoms with Crippen LogP contribution in [0.4, 0.5) is 22.7 Å². The van der Waals surface area contributed by atoms with Crippen molar-refractivity contribution in [1.82, 2.24) is 0 Å². The van der Waals surface area contributed by atoms with Gasteiger partial charge in [0, 0.05) is 41.0 Å². The van der Waals surface area contributed by atoms with Crippen molar-refractivity contribution in [2.24, 2.45) is 0 Å². The van der Waals surface area contributed by atoms with Crippen LogP contribution in [0.3, 0.4) is 0 Å². The number of rotatable bonds is 9. The molecule has 13 heteroatoms. The van der Waals surface area contributed by atoms with Crippen molar-refractivity contribution in [2.45, 2.75) is 31.6 Å². The van der Waals surface area contributed by atoms with E-state index in [1.807, 2.05) is 6.92 Å². The van der Waals surface area contributed by atoms with Gasteiger partial charge in [-0.1, -0.05) is 17.7 Å². The second-order valence-electron chi connectivity index (χ2n) is 9.23. The first-order valence-corrected chi connectivity index (χ1v) is 14.1. The monoisotopic (exact) mass is 586 g/mol. The summed E-state index contributed by atoms with van der Waals surface area (Å²) in [6, 6.07) is 12.9. The van der Waals surface area contributed by atoms with Crippen molar-refractivity contribution in [1.29, 1.82) is 0 Å². The van der Waals surface area contributed by atoms with Crippen molar-refractivity contribution in [3.8, 4) is 5.75 Å². The number of carbonyl (C=O) groups excluding carboxylic acids is 2. The normalized spacial score (nSPS) is 13.3. The Morgan fingerprint density at radius 1 is 1.12 bits per heavy atom. The van der Waals surface area contributed by atoms with Crippen LogP contribution in [-0.2, 0) is 19.6 Å². The van der Waals surface area contributed by atoms with Crippen LogP contribution in [0, 0.1) is 24.0 Å². The van der Waals surface area contributed by atoms with Crippen LogP contribution in [0.25, 0.3) is 0 Å². The number of carbonyl (C=O) groups is 2. The molecule has 1 N–H and O–H groups in total. The third-order valence-electron chi connectivity index (χ3n) is 6.51. The molecule has 0 aliphatic carbocycles. The quantitative estimate of drug-likeness (QED) is 0.280. The maximum atomic E-state index is 13.9. The van der Waals surface area contributed by atoms with Crippen LogP contribution in [0.2, 0.25) is 5.02 Å². The van der Waals surface area contributed by atoms with E-state index in [4.69, 9.17) is 16.3 Å². The highest BCUT2D eigenvalue weighted by Crippen LogP contribution is 2.36. The lowest BCUT2D eigenvalue weighted by Gasteiger charge is -2.26. The van der Waals surface area contributed by atoms with Gasteiger partial charge in [0.15, 0.2) is 0 Å². The fourth-order valence-electron chi connectivity index (χ4n) is 4.50. The van der Waals surface area contributed by atoms with E-state index in [1.165, 1.54) is 44.4 Å². The molecule has 0 saturated carbocycles. The van der Waals surface area contributed by atoms with Crippen molar-refractivity contribution in [2.75, 3.05) is 34.7 Å². The number of aryl methyl sites for hydroxylation is 2. The molecule has 1 fully saturated rings. The topological polar surface area (TPSA) is 139 Å². The molecular formula is C27H27ClN4O7S. The predicted molar refractivity (Wildman–Crippen MR) is 152 cm³/mol. The number of benzene rings is 3. The number of ether oxygens (including phenoxy) is 1. The number of sulfonamides is 1. The number of methoxy groups -OCH3 is 1. The lowest BCUT2D eigenvalue weighted by Crippen LogP contribution is -2.38. The van der Waals surface area contributed by atoms with Crippen molar-refractivity contribution >= 4 is 56.2 Å². The van der Waals surface area contributed by atoms with Gasteiger partial charge in [0.25, 0.3) is 15.7 Å². The van der Waals surface area contributed by atoms with Gasteiger partial charge in [-0.05, 0) is 68.3 Å². The van der Waals surface area contributed by atoms with Crippen LogP contribution in [-0.4, -0.2) is 45.4 Å². The summed E-state index contributed by atoms with van der Waals surface area (Å²) in [5, 5.41) is 14.4. The summed E-state index contributed by atoms with van der Waals surface area (Å²) in [6.45, 7) is 3.24. The highest BCUT2D eigenvalue weighted by molar-refractivity contribution is 7.92. The summed E-state index contributed by atoms with van der Waals surface area (Å²) in [4.78, 5) is 37.5. The molecular weight excluding hydrogens is 560 g/mol. The summed E-state index contributed by atoms with van der Waals surface area (Å²) >= 11 is 6.17. The molecule has 0 atom stereocenters. The average molecular weight is 587 g/mol. The number of hydrogen-bond acceptors (Lipinski definition) is 7. The summed E-state index contributed by atoms with van der Waals surface area (Å²) in [5.74, 6) is -0.526. The van der Waals surface area contributed by atoms with Crippen LogP contribution < -0.4 is 19.3 Å². The Morgan fingerprint density at radius 3 is 2.50 bits per heavy atom. The third kappa shape index (κ3) is 5.87. The van der Waals surface area contributed by atoms with Crippen molar-refractivity contribution in [3.05, 3.63) is 80.9 Å². The van der Waals surface area contributed by atoms with E-state index in [0.29, 0.717) is 18.7 Å². The third-order valence-corrected chi connectivity index (χ3v) is 8.50. The zero-order valence-corrected chi connectivity index (χ0v) is 23.6. The van der Waals surface area contributed by atoms with E-state index in [1.54, 1.807) is 23.1 Å². The fourth-order valence-corrected chi connectivity index (χ4v) is 6.11. The van der Waals surface area contributed by atoms with Gasteiger partial charge in [0.2, 0.25) is 11.8 Å². The molecule has 11 nitrogen and oxygen atoms in total. The van der Waals surface area contributed by atoms with E-state index in [2.05, 4.69) is 5.32 Å². The SMILES string of the molecule is COc1ccc(Cl)cc1N(CC(=O)Nc1ccc(N2CCCC2=O)c(C)c1)S(=O)(=O)c1ccc(C)c([N+](=O)[O-])c1. The first-order valence-electron chi connectivity index (χ1n) is 12.2. The van der Waals surface area contributed by atoms with Gasteiger partial charge in [-0.3, -0.25) is 24.0 Å². The van der Waals surface area contributed by atoms with E-state index in [-0.39, 0.29) is 38.5 Å². The Labute approximate surface area is 236 Å². The molecule has 2 amide bonds. The zero-order valence-electron chi connectivity index (χ0n) is 22.0. The van der Waals surface area contributed by atoms with Gasteiger partial charge in [-0.15, -0.1) is 0 Å². The Morgan fingerprint density at radius 2 is 1.88 bits per heavy atom. The smallest absolute Gasteiger partial charge is 0.273 e. The Bertz CT molecular complexity index is 1610. The van der Waals surface area contributed by atoms with Gasteiger partial charge < -0.3 is 15.0 Å².